The monoisotopic (exact) mass is 1400 g/mol. The lowest BCUT2D eigenvalue weighted by Gasteiger charge is -2.44. The highest BCUT2D eigenvalue weighted by Gasteiger charge is 2.53. The lowest BCUT2D eigenvalue weighted by Crippen LogP contribution is -2.58. The van der Waals surface area contributed by atoms with Crippen molar-refractivity contribution in [1.29, 1.82) is 0 Å². The molecule has 4 N–H and O–H groups in total. The van der Waals surface area contributed by atoms with Crippen LogP contribution in [-0.2, 0) is 18.9 Å². The molecule has 0 radical (unpaired) electrons. The number of aromatic nitrogens is 10. The number of piperazine rings is 2. The van der Waals surface area contributed by atoms with E-state index >= 15 is 4.39 Å². The zero-order chi connectivity index (χ0) is 72.1. The predicted molar refractivity (Wildman–Crippen MR) is 386 cm³/mol. The third-order valence-corrected chi connectivity index (χ3v) is 19.2. The third kappa shape index (κ3) is 14.2. The Balaban J connectivity index is 0.000000187. The van der Waals surface area contributed by atoms with Crippen molar-refractivity contribution >= 4 is 104 Å². The quantitative estimate of drug-likeness (QED) is 0.0498. The van der Waals surface area contributed by atoms with E-state index in [1.165, 1.54) is 52.1 Å². The largest absolute Gasteiger partial charge is 0.499 e. The van der Waals surface area contributed by atoms with E-state index in [1.54, 1.807) is 40.1 Å². The van der Waals surface area contributed by atoms with E-state index in [1.807, 2.05) is 121 Å². The molecular weight excluding hydrogens is 1320 g/mol. The molecule has 3 saturated heterocycles. The second kappa shape index (κ2) is 29.1. The highest BCUT2D eigenvalue weighted by molar-refractivity contribution is 6.64. The van der Waals surface area contributed by atoms with Gasteiger partial charge in [-0.3, -0.25) is 9.59 Å². The zero-order valence-electron chi connectivity index (χ0n) is 58.1. The van der Waals surface area contributed by atoms with Crippen LogP contribution in [0.25, 0.3) is 44.7 Å². The van der Waals surface area contributed by atoms with Crippen molar-refractivity contribution in [3.63, 3.8) is 0 Å². The number of pyridine rings is 2. The number of anilines is 4. The van der Waals surface area contributed by atoms with Crippen molar-refractivity contribution in [2.75, 3.05) is 47.4 Å². The summed E-state index contributed by atoms with van der Waals surface area (Å²) in [5, 5.41) is 1.52. The van der Waals surface area contributed by atoms with Gasteiger partial charge in [0.2, 0.25) is 11.8 Å². The summed E-state index contributed by atoms with van der Waals surface area (Å²) in [6.07, 6.45) is 5.63. The van der Waals surface area contributed by atoms with E-state index in [0.717, 1.165) is 0 Å². The Morgan fingerprint density at radius 3 is 1.36 bits per heavy atom. The molecule has 3 fully saturated rings. The summed E-state index contributed by atoms with van der Waals surface area (Å²) < 4.78 is 43.4. The Morgan fingerprint density at radius 2 is 0.969 bits per heavy atom. The summed E-state index contributed by atoms with van der Waals surface area (Å²) in [5.41, 5.74) is 15.1. The van der Waals surface area contributed by atoms with Crippen LogP contribution >= 0.6 is 34.8 Å². The fraction of sp³-hybridized carbons (Fsp3) is 0.429. The van der Waals surface area contributed by atoms with Crippen molar-refractivity contribution in [3.8, 4) is 22.6 Å². The van der Waals surface area contributed by atoms with Gasteiger partial charge in [0.05, 0.1) is 77.4 Å². The van der Waals surface area contributed by atoms with Crippen LogP contribution in [-0.4, -0.2) is 139 Å². The van der Waals surface area contributed by atoms with Gasteiger partial charge in [-0.05, 0) is 128 Å². The highest BCUT2D eigenvalue weighted by atomic mass is 35.5. The molecule has 8 aromatic rings. The Hall–Kier alpha value is -8.49. The van der Waals surface area contributed by atoms with Gasteiger partial charge in [0.1, 0.15) is 41.1 Å². The van der Waals surface area contributed by atoms with Crippen LogP contribution in [0, 0.1) is 11.6 Å². The second-order valence-corrected chi connectivity index (χ2v) is 28.3. The summed E-state index contributed by atoms with van der Waals surface area (Å²) in [7, 11) is -0.749. The van der Waals surface area contributed by atoms with Crippen molar-refractivity contribution in [2.45, 2.75) is 170 Å². The Morgan fingerprint density at radius 1 is 0.582 bits per heavy atom. The predicted octanol–water partition coefficient (Wildman–Crippen LogP) is 11.9. The number of carbonyl (C=O) groups is 2. The van der Waals surface area contributed by atoms with Crippen molar-refractivity contribution < 1.29 is 27.7 Å². The third-order valence-electron chi connectivity index (χ3n) is 18.2. The standard InChI is InChI=1S/C32H36ClFN8O2.C26H31Cl2N7O2.C12H17BFNO2/c1-8-24(43)40-13-19(7)41(14-18(40)6)30-20-12-21(33)28(25-22(34)10-9-11-23(25)35)38-31(20)42(32(44)39-30)29-26(16(2)3)36-15-37-27(29)17(4)5;1-8-19(36)33-10-16(7)34(11-15(33)6)24-17-9-18(27)23(28)31-25(17)35(26(37)32-24)22-20(13(2)3)29-12-30-21(22)14(4)5;1-11(2)12(3,4)17-13(16-11)10-8(14)6-5-7-9(10)15/h8-12,15-19H,1,13-14,35H2,2-7H3;8-9,12-16H,1,10-11H2,2-7H3;5-7H,15H2,1-4H3/t18-,19+;15-,16+;/m11./s1. The molecule has 11 rings (SSSR count). The minimum Gasteiger partial charge on any atom is -0.399 e. The van der Waals surface area contributed by atoms with Gasteiger partial charge in [-0.1, -0.05) is 115 Å². The SMILES string of the molecule is C=CC(=O)N1C[C@H](C)N(c2nc(=O)n(-c3c(C(C)C)ncnc3C(C)C)c3nc(-c4c(N)cccc4F)c(Cl)cc23)C[C@H]1C.C=CC(=O)N1C[C@H](C)N(c2nc(=O)n(-c3c(C(C)C)ncnc3C(C)C)c3nc(Cl)c(Cl)cc23)C[C@H]1C.CC1(C)OB(c2c(N)cccc2F)OC1(C)C. The Bertz CT molecular complexity index is 4440. The first-order valence-electron chi connectivity index (χ1n) is 32.5. The van der Waals surface area contributed by atoms with Gasteiger partial charge in [0.25, 0.3) is 0 Å². The first kappa shape index (κ1) is 73.8. The molecule has 28 heteroatoms. The average molecular weight is 1400 g/mol. The number of carbonyl (C=O) groups excluding carboxylic acids is 2. The van der Waals surface area contributed by atoms with Gasteiger partial charge in [-0.2, -0.15) is 9.97 Å². The minimum absolute atomic E-state index is 0.0104. The van der Waals surface area contributed by atoms with E-state index in [4.69, 9.17) is 60.6 Å². The van der Waals surface area contributed by atoms with Gasteiger partial charge in [0.15, 0.2) is 11.3 Å². The van der Waals surface area contributed by atoms with Gasteiger partial charge >= 0.3 is 18.5 Å². The summed E-state index contributed by atoms with van der Waals surface area (Å²) in [6, 6.07) is 11.6. The number of amides is 2. The normalized spacial score (nSPS) is 18.4. The number of hydrogen-bond acceptors (Lipinski definition) is 18. The maximum Gasteiger partial charge on any atom is 0.499 e. The van der Waals surface area contributed by atoms with E-state index in [2.05, 4.69) is 48.0 Å². The summed E-state index contributed by atoms with van der Waals surface area (Å²) >= 11 is 19.7. The number of rotatable bonds is 12. The molecule has 518 valence electrons. The molecule has 22 nitrogen and oxygen atoms in total. The maximum absolute atomic E-state index is 15.2. The van der Waals surface area contributed by atoms with Gasteiger partial charge in [-0.25, -0.2) is 57.4 Å². The molecule has 0 saturated carbocycles. The molecule has 0 aliphatic carbocycles. The first-order chi connectivity index (χ1) is 46.0. The van der Waals surface area contributed by atoms with Crippen molar-refractivity contribution in [2.24, 2.45) is 0 Å². The zero-order valence-corrected chi connectivity index (χ0v) is 60.4. The number of nitrogen functional groups attached to an aromatic ring is 2. The molecule has 4 atom stereocenters. The topological polar surface area (TPSA) is 265 Å². The van der Waals surface area contributed by atoms with Crippen molar-refractivity contribution in [1.82, 2.24) is 58.8 Å². The lowest BCUT2D eigenvalue weighted by molar-refractivity contribution is -0.129. The highest BCUT2D eigenvalue weighted by Crippen LogP contribution is 2.41. The van der Waals surface area contributed by atoms with E-state index in [9.17, 15) is 23.6 Å². The molecule has 6 aromatic heterocycles. The fourth-order valence-corrected chi connectivity index (χ4v) is 12.9. The van der Waals surface area contributed by atoms with Crippen molar-refractivity contribution in [3.05, 3.63) is 157 Å². The Kier molecular flexibility index (Phi) is 21.9. The van der Waals surface area contributed by atoms with Gasteiger partial charge < -0.3 is 40.4 Å². The van der Waals surface area contributed by atoms with Crippen LogP contribution in [0.2, 0.25) is 15.2 Å². The van der Waals surface area contributed by atoms with Crippen LogP contribution in [0.15, 0.2) is 96.1 Å². The van der Waals surface area contributed by atoms with Crippen LogP contribution < -0.4 is 38.1 Å². The number of benzene rings is 2. The van der Waals surface area contributed by atoms with E-state index in [0.29, 0.717) is 94.1 Å². The minimum atomic E-state index is -0.749. The van der Waals surface area contributed by atoms with Crippen LogP contribution in [0.1, 0.15) is 157 Å². The first-order valence-corrected chi connectivity index (χ1v) is 33.6. The molecule has 3 aliphatic rings. The average Bonchev–Trinajstić information content (AvgIpc) is 0.974. The molecule has 98 heavy (non-hydrogen) atoms. The second-order valence-electron chi connectivity index (χ2n) is 27.2. The molecule has 0 unspecified atom stereocenters. The molecule has 2 amide bonds. The lowest BCUT2D eigenvalue weighted by atomic mass is 9.77. The van der Waals surface area contributed by atoms with Gasteiger partial charge in [-0.15, -0.1) is 0 Å². The molecule has 9 heterocycles. The summed E-state index contributed by atoms with van der Waals surface area (Å²) in [6.45, 7) is 40.4. The number of fused-ring (bicyclic) bond motifs is 2. The number of hydrogen-bond donors (Lipinski definition) is 2. The van der Waals surface area contributed by atoms with Gasteiger partial charge in [0, 0.05) is 67.2 Å². The van der Waals surface area contributed by atoms with Crippen LogP contribution in [0.3, 0.4) is 0 Å². The maximum atomic E-state index is 15.2. The summed E-state index contributed by atoms with van der Waals surface area (Å²) in [4.78, 5) is 97.2. The molecule has 3 aliphatic heterocycles. The van der Waals surface area contributed by atoms with Crippen LogP contribution in [0.5, 0.6) is 0 Å². The number of nitrogens with two attached hydrogens (primary N) is 2. The molecule has 0 bridgehead atoms. The molecule has 2 aromatic carbocycles. The Labute approximate surface area is 584 Å². The molecular formula is C70H84BCl3F2N16O6. The smallest absolute Gasteiger partial charge is 0.399 e. The summed E-state index contributed by atoms with van der Waals surface area (Å²) in [5.74, 6) is -0.605. The molecule has 0 spiro atoms. The number of halogens is 5. The van der Waals surface area contributed by atoms with E-state index in [-0.39, 0.29) is 103 Å². The number of nitrogens with zero attached hydrogens (tertiary/aromatic N) is 14. The fourth-order valence-electron chi connectivity index (χ4n) is 12.4. The van der Waals surface area contributed by atoms with Crippen LogP contribution in [0.4, 0.5) is 31.8 Å². The van der Waals surface area contributed by atoms with E-state index < -0.39 is 41.3 Å².